The number of fused-ring (bicyclic) bond motifs is 1. The summed E-state index contributed by atoms with van der Waals surface area (Å²) in [4.78, 5) is 17.8. The third-order valence-electron chi connectivity index (χ3n) is 5.92. The van der Waals surface area contributed by atoms with Crippen molar-refractivity contribution in [2.45, 2.75) is 27.0 Å². The van der Waals surface area contributed by atoms with Crippen LogP contribution in [0, 0.1) is 13.8 Å². The van der Waals surface area contributed by atoms with Gasteiger partial charge in [-0.15, -0.1) is 0 Å². The Bertz CT molecular complexity index is 1550. The van der Waals surface area contributed by atoms with Crippen LogP contribution in [-0.4, -0.2) is 36.5 Å². The summed E-state index contributed by atoms with van der Waals surface area (Å²) < 4.78 is 13.6. The van der Waals surface area contributed by atoms with Gasteiger partial charge in [-0.3, -0.25) is 4.79 Å². The first-order chi connectivity index (χ1) is 16.5. The summed E-state index contributed by atoms with van der Waals surface area (Å²) in [5, 5.41) is 18.7. The van der Waals surface area contributed by atoms with Crippen molar-refractivity contribution in [3.63, 3.8) is 0 Å². The Labute approximate surface area is 194 Å². The number of aliphatic hydroxyl groups excluding tert-OH is 1. The number of aliphatic hydroxyl groups is 1. The minimum atomic E-state index is -0.330. The van der Waals surface area contributed by atoms with E-state index in [2.05, 4.69) is 15.2 Å². The quantitative estimate of drug-likeness (QED) is 0.416. The topological polar surface area (TPSA) is 108 Å². The van der Waals surface area contributed by atoms with Crippen LogP contribution in [0.3, 0.4) is 0 Å². The molecule has 0 radical (unpaired) electrons. The van der Waals surface area contributed by atoms with Crippen molar-refractivity contribution in [3.05, 3.63) is 87.7 Å². The molecule has 0 fully saturated rings. The molecule has 0 aliphatic carbocycles. The molecule has 0 saturated carbocycles. The third kappa shape index (κ3) is 3.75. The average Bonchev–Trinajstić information content (AvgIpc) is 3.47. The molecule has 0 saturated heterocycles. The lowest BCUT2D eigenvalue weighted by Gasteiger charge is -2.04. The number of benzene rings is 2. The normalized spacial score (nSPS) is 11.3. The van der Waals surface area contributed by atoms with Crippen LogP contribution >= 0.6 is 0 Å². The largest absolute Gasteiger partial charge is 0.497 e. The van der Waals surface area contributed by atoms with Crippen LogP contribution < -0.4 is 10.3 Å². The molecule has 0 amide bonds. The molecule has 0 aliphatic heterocycles. The molecule has 3 heterocycles. The number of nitrogens with zero attached hydrogens (tertiary/aromatic N) is 5. The second-order valence-corrected chi connectivity index (χ2v) is 8.05. The van der Waals surface area contributed by atoms with Crippen molar-refractivity contribution in [1.82, 2.24) is 24.3 Å². The Morgan fingerprint density at radius 3 is 2.50 bits per heavy atom. The second-order valence-electron chi connectivity index (χ2n) is 8.05. The van der Waals surface area contributed by atoms with Gasteiger partial charge in [0.15, 0.2) is 5.82 Å². The van der Waals surface area contributed by atoms with Gasteiger partial charge in [0.2, 0.25) is 0 Å². The summed E-state index contributed by atoms with van der Waals surface area (Å²) in [7, 11) is 1.59. The van der Waals surface area contributed by atoms with Crippen LogP contribution in [0.1, 0.15) is 22.5 Å². The SMILES string of the molecule is COc1ccc(-c2nn3ccn(Cc4noc(-c5ccc(C)c(C)c5)n4)c(=O)c3c2CO)cc1. The molecule has 0 unspecified atom stereocenters. The Balaban J connectivity index is 1.50. The smallest absolute Gasteiger partial charge is 0.277 e. The van der Waals surface area contributed by atoms with Gasteiger partial charge in [0.1, 0.15) is 11.3 Å². The first-order valence-electron chi connectivity index (χ1n) is 10.7. The molecule has 34 heavy (non-hydrogen) atoms. The Morgan fingerprint density at radius 1 is 1.03 bits per heavy atom. The number of methoxy groups -OCH3 is 1. The van der Waals surface area contributed by atoms with E-state index in [0.717, 1.165) is 16.7 Å². The van der Waals surface area contributed by atoms with Gasteiger partial charge in [-0.1, -0.05) is 11.2 Å². The van der Waals surface area contributed by atoms with Gasteiger partial charge in [0.05, 0.1) is 26.0 Å². The van der Waals surface area contributed by atoms with Crippen LogP contribution in [-0.2, 0) is 13.2 Å². The predicted molar refractivity (Wildman–Crippen MR) is 126 cm³/mol. The lowest BCUT2D eigenvalue weighted by atomic mass is 10.1. The fraction of sp³-hybridized carbons (Fsp3) is 0.200. The summed E-state index contributed by atoms with van der Waals surface area (Å²) in [6.07, 6.45) is 3.29. The fourth-order valence-electron chi connectivity index (χ4n) is 3.87. The predicted octanol–water partition coefficient (Wildman–Crippen LogP) is 3.38. The van der Waals surface area contributed by atoms with Crippen molar-refractivity contribution in [2.24, 2.45) is 0 Å². The minimum absolute atomic E-state index is 0.123. The highest BCUT2D eigenvalue weighted by molar-refractivity contribution is 5.72. The summed E-state index contributed by atoms with van der Waals surface area (Å²) in [5.41, 5.74) is 4.89. The van der Waals surface area contributed by atoms with Gasteiger partial charge in [-0.25, -0.2) is 4.52 Å². The maximum atomic E-state index is 13.3. The molecular formula is C25H23N5O4. The van der Waals surface area contributed by atoms with E-state index >= 15 is 0 Å². The van der Waals surface area contributed by atoms with Crippen LogP contribution in [0.15, 0.2) is 64.2 Å². The lowest BCUT2D eigenvalue weighted by Crippen LogP contribution is -2.23. The van der Waals surface area contributed by atoms with Crippen LogP contribution in [0.2, 0.25) is 0 Å². The highest BCUT2D eigenvalue weighted by atomic mass is 16.5. The zero-order valence-electron chi connectivity index (χ0n) is 19.0. The molecule has 2 aromatic carbocycles. The van der Waals surface area contributed by atoms with Gasteiger partial charge < -0.3 is 18.9 Å². The number of aromatic nitrogens is 5. The number of rotatable bonds is 6. The molecule has 1 N–H and O–H groups in total. The number of ether oxygens (including phenoxy) is 1. The molecule has 0 spiro atoms. The zero-order chi connectivity index (χ0) is 23.8. The monoisotopic (exact) mass is 457 g/mol. The van der Waals surface area contributed by atoms with E-state index in [1.807, 2.05) is 56.3 Å². The number of hydrogen-bond donors (Lipinski definition) is 1. The summed E-state index contributed by atoms with van der Waals surface area (Å²) >= 11 is 0. The second kappa shape index (κ2) is 8.60. The minimum Gasteiger partial charge on any atom is -0.497 e. The molecule has 172 valence electrons. The average molecular weight is 457 g/mol. The highest BCUT2D eigenvalue weighted by Gasteiger charge is 2.19. The van der Waals surface area contributed by atoms with Crippen LogP contribution in [0.4, 0.5) is 0 Å². The van der Waals surface area contributed by atoms with Gasteiger partial charge in [0.25, 0.3) is 11.4 Å². The summed E-state index contributed by atoms with van der Waals surface area (Å²) in [6, 6.07) is 13.2. The van der Waals surface area contributed by atoms with Gasteiger partial charge in [-0.2, -0.15) is 10.1 Å². The van der Waals surface area contributed by atoms with E-state index in [-0.39, 0.29) is 18.7 Å². The van der Waals surface area contributed by atoms with Crippen molar-refractivity contribution in [3.8, 4) is 28.5 Å². The Morgan fingerprint density at radius 2 is 1.79 bits per heavy atom. The maximum Gasteiger partial charge on any atom is 0.277 e. The fourth-order valence-corrected chi connectivity index (χ4v) is 3.87. The number of hydrogen-bond acceptors (Lipinski definition) is 7. The van der Waals surface area contributed by atoms with Crippen LogP contribution in [0.25, 0.3) is 28.2 Å². The maximum absolute atomic E-state index is 13.3. The summed E-state index contributed by atoms with van der Waals surface area (Å²) in [6.45, 7) is 3.86. The van der Waals surface area contributed by atoms with Crippen molar-refractivity contribution in [1.29, 1.82) is 0 Å². The first kappa shape index (κ1) is 21.6. The zero-order valence-corrected chi connectivity index (χ0v) is 19.0. The third-order valence-corrected chi connectivity index (χ3v) is 5.92. The molecule has 9 nitrogen and oxygen atoms in total. The van der Waals surface area contributed by atoms with Crippen LogP contribution in [0.5, 0.6) is 5.75 Å². The molecule has 5 aromatic rings. The van der Waals surface area contributed by atoms with Gasteiger partial charge in [0, 0.05) is 29.1 Å². The van der Waals surface area contributed by atoms with Crippen molar-refractivity contribution in [2.75, 3.05) is 7.11 Å². The van der Waals surface area contributed by atoms with E-state index in [1.165, 1.54) is 14.6 Å². The van der Waals surface area contributed by atoms with E-state index in [9.17, 15) is 9.90 Å². The molecule has 0 bridgehead atoms. The van der Waals surface area contributed by atoms with Gasteiger partial charge in [-0.05, 0) is 61.4 Å². The molecule has 9 heteroatoms. The van der Waals surface area contributed by atoms with E-state index < -0.39 is 0 Å². The highest BCUT2D eigenvalue weighted by Crippen LogP contribution is 2.27. The Hall–Kier alpha value is -4.24. The molecular weight excluding hydrogens is 434 g/mol. The molecule has 3 aromatic heterocycles. The van der Waals surface area contributed by atoms with E-state index in [0.29, 0.717) is 34.2 Å². The molecule has 0 atom stereocenters. The van der Waals surface area contributed by atoms with Crippen molar-refractivity contribution < 1.29 is 14.4 Å². The van der Waals surface area contributed by atoms with E-state index in [4.69, 9.17) is 9.26 Å². The number of aryl methyl sites for hydroxylation is 2. The van der Waals surface area contributed by atoms with Crippen molar-refractivity contribution >= 4 is 5.52 Å². The lowest BCUT2D eigenvalue weighted by molar-refractivity contribution is 0.283. The van der Waals surface area contributed by atoms with Gasteiger partial charge >= 0.3 is 0 Å². The summed E-state index contributed by atoms with van der Waals surface area (Å²) in [5.74, 6) is 1.48. The molecule has 0 aliphatic rings. The molecule has 5 rings (SSSR count). The standard InChI is InChI=1S/C25H23N5O4/c1-15-4-5-18(12-16(15)2)24-26-21(28-34-24)13-29-10-11-30-23(25(29)32)20(14-31)22(27-30)17-6-8-19(33-3)9-7-17/h4-12,31H,13-14H2,1-3H3. The first-order valence-corrected chi connectivity index (χ1v) is 10.7. The Kier molecular flexibility index (Phi) is 5.46. The van der Waals surface area contributed by atoms with E-state index in [1.54, 1.807) is 19.5 Å².